The molecule has 3 amide bonds. The molecule has 46 heavy (non-hydrogen) atoms. The average Bonchev–Trinajstić information content (AvgIpc) is 2.94. The Balaban J connectivity index is 3.97. The van der Waals surface area contributed by atoms with Gasteiger partial charge >= 0.3 is 17.9 Å². The van der Waals surface area contributed by atoms with Gasteiger partial charge in [0.15, 0.2) is 18.3 Å². The van der Waals surface area contributed by atoms with Crippen molar-refractivity contribution in [3.8, 4) is 0 Å². The molecule has 264 valence electrons. The first-order chi connectivity index (χ1) is 21.1. The Bertz CT molecular complexity index is 1090. The van der Waals surface area contributed by atoms with Crippen molar-refractivity contribution in [2.75, 3.05) is 21.1 Å². The fourth-order valence-electron chi connectivity index (χ4n) is 5.76. The summed E-state index contributed by atoms with van der Waals surface area (Å²) in [6.07, 6.45) is -3.33. The number of esters is 3. The third kappa shape index (κ3) is 9.44. The van der Waals surface area contributed by atoms with Gasteiger partial charge in [-0.1, -0.05) is 89.5 Å². The molecular formula is C34H59N3O9. The van der Waals surface area contributed by atoms with E-state index in [4.69, 9.17) is 14.2 Å². The zero-order valence-corrected chi connectivity index (χ0v) is 30.7. The van der Waals surface area contributed by atoms with Crippen molar-refractivity contribution < 1.29 is 43.0 Å². The van der Waals surface area contributed by atoms with Gasteiger partial charge in [-0.25, -0.2) is 14.4 Å². The van der Waals surface area contributed by atoms with Gasteiger partial charge in [-0.3, -0.25) is 14.4 Å². The first-order valence-electron chi connectivity index (χ1n) is 16.5. The fraction of sp³-hybridized carbons (Fsp3) is 0.824. The molecule has 0 aromatic rings. The summed E-state index contributed by atoms with van der Waals surface area (Å²) in [4.78, 5) is 86.8. The standard InChI is InChI=1S/C34H59N3O9/c1-16-22(12)25-34(43)46-27(20(8)9)30(39)36(14)23(17(2)3)32(41)44-26(19(6)7)29(38)35(13)24(18(4)5)33(42)45-28(21(10)11)31(40)37(25)15/h17-28H,16H2,1-15H3/t22-,23-,24-,25-,26?,27?,28?/m0/s1. The Kier molecular flexibility index (Phi) is 15.2. The van der Waals surface area contributed by atoms with Crippen LogP contribution in [-0.2, 0) is 43.0 Å². The van der Waals surface area contributed by atoms with Crippen LogP contribution in [0.5, 0.6) is 0 Å². The molecule has 12 heteroatoms. The molecule has 3 unspecified atom stereocenters. The van der Waals surface area contributed by atoms with E-state index in [1.54, 1.807) is 76.2 Å². The molecule has 0 aromatic carbocycles. The Morgan fingerprint density at radius 1 is 0.457 bits per heavy atom. The SMILES string of the molecule is CC[C@H](C)[C@H]1C(=O)OC(C(C)C)C(=O)N(C)[C@@H](C(C)C)C(=O)OC(C(C)C)C(=O)N(C)[C@@H](C(C)C)C(=O)OC(C(C)C)C(=O)N1C. The monoisotopic (exact) mass is 653 g/mol. The second-order valence-corrected chi connectivity index (χ2v) is 14.4. The number of likely N-dealkylation sites (N-methyl/N-ethyl adjacent to an activating group) is 3. The Morgan fingerprint density at radius 3 is 0.913 bits per heavy atom. The maximum absolute atomic E-state index is 14.0. The quantitative estimate of drug-likeness (QED) is 0.298. The fourth-order valence-corrected chi connectivity index (χ4v) is 5.76. The van der Waals surface area contributed by atoms with Gasteiger partial charge in [0.1, 0.15) is 18.1 Å². The second kappa shape index (κ2) is 17.1. The molecular weight excluding hydrogens is 594 g/mol. The highest BCUT2D eigenvalue weighted by Crippen LogP contribution is 2.25. The van der Waals surface area contributed by atoms with E-state index in [1.807, 2.05) is 6.92 Å². The summed E-state index contributed by atoms with van der Waals surface area (Å²) in [5.74, 6) is -6.92. The number of rotatable bonds is 7. The van der Waals surface area contributed by atoms with Crippen LogP contribution in [-0.4, -0.2) is 108 Å². The lowest BCUT2D eigenvalue weighted by molar-refractivity contribution is -0.181. The molecule has 0 bridgehead atoms. The number of hydrogen-bond acceptors (Lipinski definition) is 9. The molecule has 0 N–H and O–H groups in total. The largest absolute Gasteiger partial charge is 0.450 e. The van der Waals surface area contributed by atoms with E-state index in [1.165, 1.54) is 35.8 Å². The van der Waals surface area contributed by atoms with E-state index in [9.17, 15) is 28.8 Å². The smallest absolute Gasteiger partial charge is 0.329 e. The minimum absolute atomic E-state index is 0.380. The first-order valence-corrected chi connectivity index (χ1v) is 16.5. The molecule has 0 saturated carbocycles. The van der Waals surface area contributed by atoms with Crippen LogP contribution >= 0.6 is 0 Å². The maximum Gasteiger partial charge on any atom is 0.329 e. The topological polar surface area (TPSA) is 140 Å². The average molecular weight is 654 g/mol. The van der Waals surface area contributed by atoms with E-state index in [0.717, 1.165) is 0 Å². The molecule has 1 fully saturated rings. The predicted octanol–water partition coefficient (Wildman–Crippen LogP) is 3.54. The lowest BCUT2D eigenvalue weighted by Crippen LogP contribution is -2.58. The van der Waals surface area contributed by atoms with E-state index in [2.05, 4.69) is 0 Å². The van der Waals surface area contributed by atoms with Crippen molar-refractivity contribution in [2.45, 2.75) is 126 Å². The number of amides is 3. The molecule has 1 rings (SSSR count). The van der Waals surface area contributed by atoms with Crippen LogP contribution in [0, 0.1) is 35.5 Å². The van der Waals surface area contributed by atoms with Gasteiger partial charge in [-0.15, -0.1) is 0 Å². The molecule has 0 aliphatic carbocycles. The summed E-state index contributed by atoms with van der Waals surface area (Å²) in [5.41, 5.74) is 0. The van der Waals surface area contributed by atoms with Gasteiger partial charge in [0.05, 0.1) is 0 Å². The molecule has 1 heterocycles. The predicted molar refractivity (Wildman–Crippen MR) is 173 cm³/mol. The Hall–Kier alpha value is -3.18. The van der Waals surface area contributed by atoms with Crippen LogP contribution in [0.4, 0.5) is 0 Å². The lowest BCUT2D eigenvalue weighted by atomic mass is 9.95. The molecule has 0 radical (unpaired) electrons. The van der Waals surface area contributed by atoms with Gasteiger partial charge in [0.2, 0.25) is 0 Å². The molecule has 7 atom stereocenters. The highest BCUT2D eigenvalue weighted by Gasteiger charge is 2.45. The van der Waals surface area contributed by atoms with Crippen molar-refractivity contribution >= 4 is 35.6 Å². The zero-order chi connectivity index (χ0) is 36.0. The molecule has 0 aromatic heterocycles. The summed E-state index contributed by atoms with van der Waals surface area (Å²) >= 11 is 0. The van der Waals surface area contributed by atoms with Crippen molar-refractivity contribution in [3.05, 3.63) is 0 Å². The van der Waals surface area contributed by atoms with Crippen LogP contribution in [0.15, 0.2) is 0 Å². The summed E-state index contributed by atoms with van der Waals surface area (Å²) in [6.45, 7) is 20.9. The summed E-state index contributed by atoms with van der Waals surface area (Å²) in [6, 6.07) is -3.32. The Labute approximate surface area is 275 Å². The van der Waals surface area contributed by atoms with Crippen molar-refractivity contribution in [1.82, 2.24) is 14.7 Å². The van der Waals surface area contributed by atoms with Gasteiger partial charge in [-0.2, -0.15) is 0 Å². The van der Waals surface area contributed by atoms with Crippen LogP contribution in [0.25, 0.3) is 0 Å². The van der Waals surface area contributed by atoms with Crippen LogP contribution in [0.1, 0.15) is 89.5 Å². The molecule has 1 aliphatic rings. The summed E-state index contributed by atoms with van der Waals surface area (Å²) in [5, 5.41) is 0. The molecule has 1 saturated heterocycles. The highest BCUT2D eigenvalue weighted by atomic mass is 16.6. The molecule has 1 aliphatic heterocycles. The van der Waals surface area contributed by atoms with Gasteiger partial charge in [-0.05, 0) is 35.5 Å². The normalized spacial score (nSPS) is 27.8. The van der Waals surface area contributed by atoms with Crippen molar-refractivity contribution in [3.63, 3.8) is 0 Å². The van der Waals surface area contributed by atoms with E-state index in [0.29, 0.717) is 6.42 Å². The van der Waals surface area contributed by atoms with Crippen LogP contribution in [0.2, 0.25) is 0 Å². The lowest BCUT2D eigenvalue weighted by Gasteiger charge is -2.38. The Morgan fingerprint density at radius 2 is 0.696 bits per heavy atom. The van der Waals surface area contributed by atoms with E-state index < -0.39 is 102 Å². The van der Waals surface area contributed by atoms with Crippen molar-refractivity contribution in [1.29, 1.82) is 0 Å². The number of ether oxygens (including phenoxy) is 3. The second-order valence-electron chi connectivity index (χ2n) is 14.4. The van der Waals surface area contributed by atoms with Crippen LogP contribution in [0.3, 0.4) is 0 Å². The summed E-state index contributed by atoms with van der Waals surface area (Å²) < 4.78 is 17.5. The third-order valence-electron chi connectivity index (χ3n) is 8.74. The molecule has 12 nitrogen and oxygen atoms in total. The number of carbonyl (C=O) groups is 6. The first kappa shape index (κ1) is 40.8. The summed E-state index contributed by atoms with van der Waals surface area (Å²) in [7, 11) is 4.33. The number of hydrogen-bond donors (Lipinski definition) is 0. The number of carbonyl (C=O) groups excluding carboxylic acids is 6. The number of cyclic esters (lactones) is 3. The maximum atomic E-state index is 14.0. The third-order valence-corrected chi connectivity index (χ3v) is 8.74. The van der Waals surface area contributed by atoms with Gasteiger partial charge < -0.3 is 28.9 Å². The minimum Gasteiger partial charge on any atom is -0.450 e. The van der Waals surface area contributed by atoms with Crippen LogP contribution < -0.4 is 0 Å². The zero-order valence-electron chi connectivity index (χ0n) is 30.7. The van der Waals surface area contributed by atoms with Crippen molar-refractivity contribution in [2.24, 2.45) is 35.5 Å². The van der Waals surface area contributed by atoms with Gasteiger partial charge in [0.25, 0.3) is 17.7 Å². The van der Waals surface area contributed by atoms with Gasteiger partial charge in [0, 0.05) is 21.1 Å². The minimum atomic E-state index is -1.28. The molecule has 0 spiro atoms. The van der Waals surface area contributed by atoms with E-state index >= 15 is 0 Å². The van der Waals surface area contributed by atoms with E-state index in [-0.39, 0.29) is 5.92 Å². The number of nitrogens with zero attached hydrogens (tertiary/aromatic N) is 3. The highest BCUT2D eigenvalue weighted by molar-refractivity contribution is 5.94.